The van der Waals surface area contributed by atoms with Crippen LogP contribution in [0.3, 0.4) is 0 Å². The summed E-state index contributed by atoms with van der Waals surface area (Å²) in [6, 6.07) is 1.75. The standard InChI is InChI=1S/C26H34ClN5O3/c1-7-34-18(3)10-8-11-20(14-27)23-22(25-28-12-9-13-29-25)24(35-31-23)21-15-30-32(19(21)4)16-17(2)26(5,6)33/h8-13,15,17,19,21,33H,3,7,14,16H2,1-2,4-6H3/b10-8-,20-11+. The van der Waals surface area contributed by atoms with E-state index in [4.69, 9.17) is 20.9 Å². The highest BCUT2D eigenvalue weighted by Crippen LogP contribution is 2.38. The Labute approximate surface area is 212 Å². The average molecular weight is 500 g/mol. The summed E-state index contributed by atoms with van der Waals surface area (Å²) < 4.78 is 11.3. The monoisotopic (exact) mass is 499 g/mol. The van der Waals surface area contributed by atoms with Gasteiger partial charge in [-0.2, -0.15) is 5.10 Å². The van der Waals surface area contributed by atoms with Gasteiger partial charge in [0.15, 0.2) is 11.6 Å². The first-order valence-electron chi connectivity index (χ1n) is 11.7. The molecule has 3 atom stereocenters. The van der Waals surface area contributed by atoms with Crippen molar-refractivity contribution in [1.29, 1.82) is 0 Å². The summed E-state index contributed by atoms with van der Waals surface area (Å²) >= 11 is 6.32. The molecule has 2 aromatic heterocycles. The van der Waals surface area contributed by atoms with E-state index >= 15 is 0 Å². The third-order valence-electron chi connectivity index (χ3n) is 6.20. The number of halogens is 1. The Balaban J connectivity index is 1.97. The molecule has 2 aromatic rings. The lowest BCUT2D eigenvalue weighted by molar-refractivity contribution is 0.00491. The van der Waals surface area contributed by atoms with Crippen molar-refractivity contribution in [2.24, 2.45) is 11.0 Å². The van der Waals surface area contributed by atoms with E-state index in [-0.39, 0.29) is 23.8 Å². The van der Waals surface area contributed by atoms with Gasteiger partial charge in [-0.25, -0.2) is 9.97 Å². The molecule has 188 valence electrons. The quantitative estimate of drug-likeness (QED) is 0.263. The van der Waals surface area contributed by atoms with Gasteiger partial charge in [-0.15, -0.1) is 11.6 Å². The number of ether oxygens (including phenoxy) is 1. The van der Waals surface area contributed by atoms with Crippen molar-refractivity contribution in [3.05, 3.63) is 60.5 Å². The van der Waals surface area contributed by atoms with Crippen molar-refractivity contribution >= 4 is 23.4 Å². The first-order chi connectivity index (χ1) is 16.7. The zero-order valence-electron chi connectivity index (χ0n) is 21.0. The first kappa shape index (κ1) is 26.6. The predicted octanol–water partition coefficient (Wildman–Crippen LogP) is 5.04. The Hall–Kier alpha value is -2.97. The second-order valence-electron chi connectivity index (χ2n) is 9.13. The number of hydrogen-bond donors (Lipinski definition) is 1. The molecule has 1 aliphatic heterocycles. The molecule has 3 heterocycles. The van der Waals surface area contributed by atoms with Crippen LogP contribution in [0.1, 0.15) is 52.0 Å². The van der Waals surface area contributed by atoms with Gasteiger partial charge in [0.05, 0.1) is 29.7 Å². The van der Waals surface area contributed by atoms with Crippen LogP contribution in [0, 0.1) is 5.92 Å². The van der Waals surface area contributed by atoms with E-state index in [1.54, 1.807) is 24.5 Å². The summed E-state index contributed by atoms with van der Waals surface area (Å²) in [4.78, 5) is 8.93. The lowest BCUT2D eigenvalue weighted by Gasteiger charge is -2.32. The normalized spacial score (nSPS) is 19.5. The molecule has 8 nitrogen and oxygen atoms in total. The minimum atomic E-state index is -0.809. The fraction of sp³-hybridized carbons (Fsp3) is 0.462. The summed E-state index contributed by atoms with van der Waals surface area (Å²) in [7, 11) is 0. The van der Waals surface area contributed by atoms with Crippen LogP contribution in [0.25, 0.3) is 17.0 Å². The van der Waals surface area contributed by atoms with Crippen LogP contribution in [-0.2, 0) is 4.74 Å². The van der Waals surface area contributed by atoms with Gasteiger partial charge in [0.2, 0.25) is 0 Å². The molecule has 0 saturated carbocycles. The van der Waals surface area contributed by atoms with Gasteiger partial charge in [0.25, 0.3) is 0 Å². The molecule has 35 heavy (non-hydrogen) atoms. The molecule has 0 radical (unpaired) electrons. The van der Waals surface area contributed by atoms with Gasteiger partial charge in [-0.05, 0) is 45.4 Å². The zero-order valence-corrected chi connectivity index (χ0v) is 21.7. The van der Waals surface area contributed by atoms with Crippen LogP contribution < -0.4 is 0 Å². The maximum absolute atomic E-state index is 10.4. The number of alkyl halides is 1. The van der Waals surface area contributed by atoms with Gasteiger partial charge in [0.1, 0.15) is 11.5 Å². The number of aromatic nitrogens is 3. The highest BCUT2D eigenvalue weighted by Gasteiger charge is 2.37. The Kier molecular flexibility index (Phi) is 8.86. The second kappa shape index (κ2) is 11.6. The molecule has 0 aromatic carbocycles. The van der Waals surface area contributed by atoms with Crippen LogP contribution in [0.5, 0.6) is 0 Å². The maximum atomic E-state index is 10.4. The van der Waals surface area contributed by atoms with Crippen LogP contribution in [0.15, 0.2) is 58.7 Å². The Morgan fingerprint density at radius 2 is 2.09 bits per heavy atom. The van der Waals surface area contributed by atoms with Gasteiger partial charge in [0, 0.05) is 37.0 Å². The predicted molar refractivity (Wildman–Crippen MR) is 139 cm³/mol. The minimum absolute atomic E-state index is 0.0131. The van der Waals surface area contributed by atoms with Crippen molar-refractivity contribution in [3.63, 3.8) is 0 Å². The molecule has 1 N–H and O–H groups in total. The van der Waals surface area contributed by atoms with Crippen LogP contribution >= 0.6 is 11.6 Å². The van der Waals surface area contributed by atoms with E-state index in [0.717, 1.165) is 5.57 Å². The SMILES string of the molecule is C=C(/C=C\C=C(/CCl)c1noc(C2C=NN(CC(C)C(C)(C)O)C2C)c1-c1ncccn1)OCC. The topological polar surface area (TPSA) is 96.9 Å². The molecule has 0 amide bonds. The molecular formula is C26H34ClN5O3. The largest absolute Gasteiger partial charge is 0.495 e. The van der Waals surface area contributed by atoms with Crippen LogP contribution in [0.4, 0.5) is 0 Å². The Morgan fingerprint density at radius 1 is 1.37 bits per heavy atom. The average Bonchev–Trinajstić information content (AvgIpc) is 3.40. The van der Waals surface area contributed by atoms with Crippen LogP contribution in [-0.4, -0.2) is 62.1 Å². The van der Waals surface area contributed by atoms with Crippen molar-refractivity contribution in [1.82, 2.24) is 20.1 Å². The Morgan fingerprint density at radius 3 is 2.71 bits per heavy atom. The number of allylic oxidation sites excluding steroid dienone is 4. The van der Waals surface area contributed by atoms with E-state index in [1.165, 1.54) is 0 Å². The number of rotatable bonds is 11. The molecule has 9 heteroatoms. The number of hydrazone groups is 1. The fourth-order valence-corrected chi connectivity index (χ4v) is 3.88. The highest BCUT2D eigenvalue weighted by molar-refractivity contribution is 6.23. The molecule has 3 unspecified atom stereocenters. The van der Waals surface area contributed by atoms with E-state index in [1.807, 2.05) is 51.1 Å². The zero-order chi connectivity index (χ0) is 25.6. The van der Waals surface area contributed by atoms with Gasteiger partial charge >= 0.3 is 0 Å². The highest BCUT2D eigenvalue weighted by atomic mass is 35.5. The lowest BCUT2D eigenvalue weighted by atomic mass is 9.91. The lowest BCUT2D eigenvalue weighted by Crippen LogP contribution is -2.39. The summed E-state index contributed by atoms with van der Waals surface area (Å²) in [6.07, 6.45) is 10.7. The molecule has 0 aliphatic carbocycles. The smallest absolute Gasteiger partial charge is 0.165 e. The van der Waals surface area contributed by atoms with Crippen molar-refractivity contribution in [2.75, 3.05) is 19.0 Å². The van der Waals surface area contributed by atoms with Crippen LogP contribution in [0.2, 0.25) is 0 Å². The minimum Gasteiger partial charge on any atom is -0.495 e. The molecule has 3 rings (SSSR count). The summed E-state index contributed by atoms with van der Waals surface area (Å²) in [6.45, 7) is 14.6. The van der Waals surface area contributed by atoms with E-state index in [0.29, 0.717) is 41.8 Å². The molecule has 0 bridgehead atoms. The molecular weight excluding hydrogens is 466 g/mol. The van der Waals surface area contributed by atoms with E-state index in [9.17, 15) is 5.11 Å². The van der Waals surface area contributed by atoms with Gasteiger partial charge in [-0.3, -0.25) is 5.01 Å². The molecule has 0 saturated heterocycles. The molecule has 1 aliphatic rings. The number of aliphatic hydroxyl groups is 1. The third-order valence-corrected chi connectivity index (χ3v) is 6.49. The summed E-state index contributed by atoms with van der Waals surface area (Å²) in [5.74, 6) is 1.74. The van der Waals surface area contributed by atoms with E-state index < -0.39 is 5.60 Å². The van der Waals surface area contributed by atoms with Gasteiger partial charge < -0.3 is 14.4 Å². The number of nitrogens with zero attached hydrogens (tertiary/aromatic N) is 5. The Bertz CT molecular complexity index is 1090. The van der Waals surface area contributed by atoms with Gasteiger partial charge in [-0.1, -0.05) is 30.8 Å². The first-order valence-corrected chi connectivity index (χ1v) is 12.3. The number of hydrogen-bond acceptors (Lipinski definition) is 8. The second-order valence-corrected chi connectivity index (χ2v) is 9.40. The van der Waals surface area contributed by atoms with E-state index in [2.05, 4.69) is 33.7 Å². The summed E-state index contributed by atoms with van der Waals surface area (Å²) in [5.41, 5.74) is 1.21. The van der Waals surface area contributed by atoms with Crippen molar-refractivity contribution < 1.29 is 14.4 Å². The molecule has 0 spiro atoms. The summed E-state index contributed by atoms with van der Waals surface area (Å²) in [5, 5.41) is 21.4. The molecule has 0 fully saturated rings. The third kappa shape index (κ3) is 6.38. The maximum Gasteiger partial charge on any atom is 0.165 e. The van der Waals surface area contributed by atoms with Crippen molar-refractivity contribution in [2.45, 2.75) is 52.2 Å². The fourth-order valence-electron chi connectivity index (χ4n) is 3.66. The van der Waals surface area contributed by atoms with Crippen molar-refractivity contribution in [3.8, 4) is 11.4 Å².